The van der Waals surface area contributed by atoms with E-state index in [-0.39, 0.29) is 24.5 Å². The van der Waals surface area contributed by atoms with Crippen LogP contribution in [0.4, 0.5) is 5.69 Å². The molecular weight excluding hydrogens is 336 g/mol. The minimum Gasteiger partial charge on any atom is -0.308 e. The Bertz CT molecular complexity index is 891. The Labute approximate surface area is 159 Å². The number of pyridine rings is 1. The van der Waals surface area contributed by atoms with Crippen LogP contribution in [-0.2, 0) is 11.3 Å². The third-order valence-electron chi connectivity index (χ3n) is 4.37. The van der Waals surface area contributed by atoms with Crippen molar-refractivity contribution in [1.29, 1.82) is 0 Å². The number of benzene rings is 2. The molecule has 0 saturated heterocycles. The largest absolute Gasteiger partial charge is 0.308 e. The highest BCUT2D eigenvalue weighted by Crippen LogP contribution is 2.19. The fourth-order valence-corrected chi connectivity index (χ4v) is 2.84. The monoisotopic (exact) mass is 358 g/mol. The Morgan fingerprint density at radius 3 is 2.30 bits per heavy atom. The number of Topliss-reactive ketones (excluding diaryl/α,β-unsaturated/α-hetero) is 1. The molecule has 1 heterocycles. The number of para-hydroxylation sites is 1. The fourth-order valence-electron chi connectivity index (χ4n) is 2.84. The number of aromatic nitrogens is 1. The van der Waals surface area contributed by atoms with Crippen LogP contribution in [0.3, 0.4) is 0 Å². The van der Waals surface area contributed by atoms with Crippen LogP contribution < -0.4 is 4.90 Å². The minimum atomic E-state index is -0.0782. The van der Waals surface area contributed by atoms with E-state index in [1.807, 2.05) is 73.7 Å². The van der Waals surface area contributed by atoms with Crippen molar-refractivity contribution in [3.63, 3.8) is 0 Å². The van der Waals surface area contributed by atoms with Crippen molar-refractivity contribution in [2.45, 2.75) is 26.3 Å². The Morgan fingerprint density at radius 2 is 1.63 bits per heavy atom. The first kappa shape index (κ1) is 18.5. The van der Waals surface area contributed by atoms with Crippen molar-refractivity contribution in [3.05, 3.63) is 95.8 Å². The number of hydrogen-bond donors (Lipinski definition) is 0. The van der Waals surface area contributed by atoms with Crippen LogP contribution in [0.2, 0.25) is 0 Å². The standard InChI is InChI=1S/C23H22N2O2/c1-18-9-11-20(12-10-18)22(26)13-14-23(27)25(21-7-3-2-4-8-21)17-19-6-5-15-24-16-19/h2-12,15-16H,13-14,17H2,1H3. The summed E-state index contributed by atoms with van der Waals surface area (Å²) in [5.41, 5.74) is 3.51. The SMILES string of the molecule is Cc1ccc(C(=O)CCC(=O)N(Cc2cccnc2)c2ccccc2)cc1. The molecule has 1 aromatic heterocycles. The van der Waals surface area contributed by atoms with Crippen LogP contribution in [0.1, 0.15) is 34.3 Å². The highest BCUT2D eigenvalue weighted by Gasteiger charge is 2.18. The van der Waals surface area contributed by atoms with E-state index in [4.69, 9.17) is 0 Å². The Kier molecular flexibility index (Phi) is 6.10. The van der Waals surface area contributed by atoms with Crippen molar-refractivity contribution in [2.24, 2.45) is 0 Å². The quantitative estimate of drug-likeness (QED) is 0.581. The summed E-state index contributed by atoms with van der Waals surface area (Å²) in [5.74, 6) is -0.0942. The number of hydrogen-bond acceptors (Lipinski definition) is 3. The zero-order valence-electron chi connectivity index (χ0n) is 15.3. The summed E-state index contributed by atoms with van der Waals surface area (Å²) in [4.78, 5) is 31.1. The van der Waals surface area contributed by atoms with E-state index in [1.165, 1.54) is 0 Å². The van der Waals surface area contributed by atoms with E-state index in [9.17, 15) is 9.59 Å². The molecule has 0 atom stereocenters. The predicted molar refractivity (Wildman–Crippen MR) is 107 cm³/mol. The van der Waals surface area contributed by atoms with Crippen molar-refractivity contribution >= 4 is 17.4 Å². The van der Waals surface area contributed by atoms with E-state index < -0.39 is 0 Å². The van der Waals surface area contributed by atoms with Gasteiger partial charge < -0.3 is 4.90 Å². The lowest BCUT2D eigenvalue weighted by molar-refractivity contribution is -0.118. The molecule has 0 N–H and O–H groups in total. The highest BCUT2D eigenvalue weighted by atomic mass is 16.2. The average Bonchev–Trinajstić information content (AvgIpc) is 2.72. The van der Waals surface area contributed by atoms with Crippen LogP contribution in [-0.4, -0.2) is 16.7 Å². The molecule has 0 unspecified atom stereocenters. The number of carbonyl (C=O) groups excluding carboxylic acids is 2. The van der Waals surface area contributed by atoms with E-state index in [0.717, 1.165) is 16.8 Å². The normalized spacial score (nSPS) is 10.4. The van der Waals surface area contributed by atoms with E-state index in [2.05, 4.69) is 4.98 Å². The predicted octanol–water partition coefficient (Wildman–Crippen LogP) is 4.59. The van der Waals surface area contributed by atoms with Gasteiger partial charge in [0.1, 0.15) is 0 Å². The molecule has 0 spiro atoms. The summed E-state index contributed by atoms with van der Waals surface area (Å²) >= 11 is 0. The molecule has 4 heteroatoms. The van der Waals surface area contributed by atoms with Gasteiger partial charge in [0.2, 0.25) is 5.91 Å². The van der Waals surface area contributed by atoms with Gasteiger partial charge in [-0.15, -0.1) is 0 Å². The molecule has 27 heavy (non-hydrogen) atoms. The topological polar surface area (TPSA) is 50.3 Å². The van der Waals surface area contributed by atoms with E-state index in [1.54, 1.807) is 17.3 Å². The van der Waals surface area contributed by atoms with Crippen LogP contribution in [0.5, 0.6) is 0 Å². The first-order valence-electron chi connectivity index (χ1n) is 8.97. The summed E-state index contributed by atoms with van der Waals surface area (Å²) < 4.78 is 0. The van der Waals surface area contributed by atoms with Gasteiger partial charge in [-0.2, -0.15) is 0 Å². The first-order valence-corrected chi connectivity index (χ1v) is 8.97. The number of rotatable bonds is 7. The second-order valence-electron chi connectivity index (χ2n) is 6.47. The maximum atomic E-state index is 12.9. The van der Waals surface area contributed by atoms with Crippen LogP contribution in [0, 0.1) is 6.92 Å². The first-order chi connectivity index (χ1) is 13.1. The second kappa shape index (κ2) is 8.90. The number of aryl methyl sites for hydroxylation is 1. The van der Waals surface area contributed by atoms with Gasteiger partial charge in [-0.1, -0.05) is 54.1 Å². The molecule has 0 aliphatic rings. The average molecular weight is 358 g/mol. The van der Waals surface area contributed by atoms with Gasteiger partial charge in [0, 0.05) is 36.5 Å². The van der Waals surface area contributed by atoms with Gasteiger partial charge in [0.15, 0.2) is 5.78 Å². The summed E-state index contributed by atoms with van der Waals surface area (Å²) in [6.07, 6.45) is 3.82. The van der Waals surface area contributed by atoms with Gasteiger partial charge in [0.25, 0.3) is 0 Å². The summed E-state index contributed by atoms with van der Waals surface area (Å²) in [5, 5.41) is 0. The van der Waals surface area contributed by atoms with Gasteiger partial charge in [-0.3, -0.25) is 14.6 Å². The molecule has 4 nitrogen and oxygen atoms in total. The third kappa shape index (κ3) is 5.11. The molecule has 0 saturated carbocycles. The number of nitrogens with zero attached hydrogens (tertiary/aromatic N) is 2. The van der Waals surface area contributed by atoms with Gasteiger partial charge in [0.05, 0.1) is 6.54 Å². The van der Waals surface area contributed by atoms with Crippen LogP contribution in [0.25, 0.3) is 0 Å². The number of anilines is 1. The zero-order valence-corrected chi connectivity index (χ0v) is 15.3. The molecule has 0 fully saturated rings. The number of ketones is 1. The molecule has 2 aromatic carbocycles. The summed E-state index contributed by atoms with van der Waals surface area (Å²) in [7, 11) is 0. The smallest absolute Gasteiger partial charge is 0.227 e. The fraction of sp³-hybridized carbons (Fsp3) is 0.174. The Hall–Kier alpha value is -3.27. The van der Waals surface area contributed by atoms with Gasteiger partial charge >= 0.3 is 0 Å². The van der Waals surface area contributed by atoms with Gasteiger partial charge in [-0.25, -0.2) is 0 Å². The van der Waals surface area contributed by atoms with Crippen molar-refractivity contribution in [3.8, 4) is 0 Å². The lowest BCUT2D eigenvalue weighted by atomic mass is 10.0. The van der Waals surface area contributed by atoms with Crippen molar-refractivity contribution in [1.82, 2.24) is 4.98 Å². The highest BCUT2D eigenvalue weighted by molar-refractivity contribution is 6.00. The lowest BCUT2D eigenvalue weighted by Crippen LogP contribution is -2.30. The third-order valence-corrected chi connectivity index (χ3v) is 4.37. The maximum Gasteiger partial charge on any atom is 0.227 e. The van der Waals surface area contributed by atoms with Gasteiger partial charge in [-0.05, 0) is 30.7 Å². The molecule has 0 aliphatic carbocycles. The minimum absolute atomic E-state index is 0.0160. The Morgan fingerprint density at radius 1 is 0.889 bits per heavy atom. The Balaban J connectivity index is 1.71. The molecule has 0 radical (unpaired) electrons. The maximum absolute atomic E-state index is 12.9. The van der Waals surface area contributed by atoms with E-state index in [0.29, 0.717) is 12.1 Å². The lowest BCUT2D eigenvalue weighted by Gasteiger charge is -2.23. The number of amides is 1. The van der Waals surface area contributed by atoms with Crippen molar-refractivity contribution < 1.29 is 9.59 Å². The van der Waals surface area contributed by atoms with Crippen LogP contribution >= 0.6 is 0 Å². The van der Waals surface area contributed by atoms with Crippen molar-refractivity contribution in [2.75, 3.05) is 4.90 Å². The summed E-state index contributed by atoms with van der Waals surface area (Å²) in [6, 6.07) is 20.7. The molecule has 136 valence electrons. The van der Waals surface area contributed by atoms with Crippen LogP contribution in [0.15, 0.2) is 79.1 Å². The molecular formula is C23H22N2O2. The summed E-state index contributed by atoms with van der Waals surface area (Å²) in [6.45, 7) is 2.41. The second-order valence-corrected chi connectivity index (χ2v) is 6.47. The number of carbonyl (C=O) groups is 2. The molecule has 0 bridgehead atoms. The zero-order chi connectivity index (χ0) is 19.1. The molecule has 3 rings (SSSR count). The van der Waals surface area contributed by atoms with E-state index >= 15 is 0 Å². The molecule has 1 amide bonds. The molecule has 3 aromatic rings. The molecule has 0 aliphatic heterocycles.